The second kappa shape index (κ2) is 6.05. The maximum Gasteiger partial charge on any atom is 0.141 e. The maximum atomic E-state index is 9.71. The molecule has 0 unspecified atom stereocenters. The highest BCUT2D eigenvalue weighted by atomic mass is 16.3. The van der Waals surface area contributed by atoms with E-state index in [1.54, 1.807) is 30.7 Å². The van der Waals surface area contributed by atoms with Crippen molar-refractivity contribution >= 4 is 11.5 Å². The molecule has 4 heteroatoms. The van der Waals surface area contributed by atoms with E-state index >= 15 is 0 Å². The number of anilines is 2. The van der Waals surface area contributed by atoms with Gasteiger partial charge >= 0.3 is 0 Å². The summed E-state index contributed by atoms with van der Waals surface area (Å²) < 4.78 is 0. The van der Waals surface area contributed by atoms with Crippen LogP contribution in [0.15, 0.2) is 67.1 Å². The Hall–Kier alpha value is -2.88. The molecule has 0 atom stereocenters. The van der Waals surface area contributed by atoms with Crippen molar-refractivity contribution in [2.75, 3.05) is 4.90 Å². The first kappa shape index (κ1) is 13.1. The molecule has 1 radical (unpaired) electrons. The highest BCUT2D eigenvalue weighted by Gasteiger charge is 2.11. The lowest BCUT2D eigenvalue weighted by Gasteiger charge is -2.23. The summed E-state index contributed by atoms with van der Waals surface area (Å²) in [6.45, 7) is 0.624. The number of phenols is 1. The van der Waals surface area contributed by atoms with Gasteiger partial charge in [-0.2, -0.15) is 0 Å². The summed E-state index contributed by atoms with van der Waals surface area (Å²) in [7, 11) is 0. The van der Waals surface area contributed by atoms with Crippen molar-refractivity contribution in [3.05, 3.63) is 78.8 Å². The zero-order chi connectivity index (χ0) is 14.5. The van der Waals surface area contributed by atoms with Gasteiger partial charge in [0.05, 0.1) is 0 Å². The Bertz CT molecular complexity index is 701. The van der Waals surface area contributed by atoms with E-state index in [1.165, 1.54) is 0 Å². The molecular formula is C17H14N3O. The number of benzene rings is 1. The van der Waals surface area contributed by atoms with E-state index < -0.39 is 0 Å². The predicted molar refractivity (Wildman–Crippen MR) is 81.3 cm³/mol. The molecule has 3 rings (SSSR count). The van der Waals surface area contributed by atoms with Crippen LogP contribution in [0.5, 0.6) is 5.75 Å². The quantitative estimate of drug-likeness (QED) is 0.794. The summed E-state index contributed by atoms with van der Waals surface area (Å²) in [6, 6.07) is 17.8. The molecule has 0 amide bonds. The third-order valence-electron chi connectivity index (χ3n) is 3.08. The van der Waals surface area contributed by atoms with E-state index in [9.17, 15) is 5.11 Å². The summed E-state index contributed by atoms with van der Waals surface area (Å²) in [6.07, 6.45) is 5.25. The number of phenolic OH excluding ortho intramolecular Hbond substituents is 1. The van der Waals surface area contributed by atoms with Crippen molar-refractivity contribution in [1.29, 1.82) is 0 Å². The van der Waals surface area contributed by atoms with Gasteiger partial charge in [0, 0.05) is 43.0 Å². The molecule has 0 saturated heterocycles. The fourth-order valence-electron chi connectivity index (χ4n) is 2.08. The number of aromatic nitrogens is 2. The van der Waals surface area contributed by atoms with Crippen LogP contribution in [-0.4, -0.2) is 15.1 Å². The average molecular weight is 276 g/mol. The highest BCUT2D eigenvalue weighted by molar-refractivity contribution is 5.61. The zero-order valence-electron chi connectivity index (χ0n) is 11.3. The number of hydrogen-bond donors (Lipinski definition) is 1. The van der Waals surface area contributed by atoms with Gasteiger partial charge in [0.2, 0.25) is 0 Å². The Balaban J connectivity index is 1.99. The topological polar surface area (TPSA) is 49.2 Å². The molecule has 0 aliphatic carbocycles. The van der Waals surface area contributed by atoms with E-state index in [4.69, 9.17) is 0 Å². The number of aromatic hydroxyl groups is 1. The Morgan fingerprint density at radius 1 is 1.05 bits per heavy atom. The Labute approximate surface area is 123 Å². The van der Waals surface area contributed by atoms with Crippen LogP contribution in [0.2, 0.25) is 0 Å². The normalized spacial score (nSPS) is 10.3. The minimum absolute atomic E-state index is 0.225. The number of hydrogen-bond acceptors (Lipinski definition) is 4. The van der Waals surface area contributed by atoms with E-state index in [0.29, 0.717) is 12.4 Å². The van der Waals surface area contributed by atoms with Crippen LogP contribution in [0.3, 0.4) is 0 Å². The van der Waals surface area contributed by atoms with Crippen molar-refractivity contribution in [2.45, 2.75) is 6.54 Å². The van der Waals surface area contributed by atoms with Crippen LogP contribution in [0.25, 0.3) is 0 Å². The number of nitrogens with zero attached hydrogens (tertiary/aromatic N) is 3. The summed E-state index contributed by atoms with van der Waals surface area (Å²) >= 11 is 0. The van der Waals surface area contributed by atoms with Crippen molar-refractivity contribution in [3.8, 4) is 5.75 Å². The standard InChI is InChI=1S/C17H14N3O/c21-16-5-3-4-15(12-16)20(17-6-1-2-9-19-17)13-14-7-10-18-11-8-14/h1-5,7-12,21H,13H2. The van der Waals surface area contributed by atoms with Crippen LogP contribution in [-0.2, 0) is 6.54 Å². The van der Waals surface area contributed by atoms with E-state index in [0.717, 1.165) is 11.3 Å². The Morgan fingerprint density at radius 3 is 2.62 bits per heavy atom. The van der Waals surface area contributed by atoms with Crippen LogP contribution < -0.4 is 4.90 Å². The van der Waals surface area contributed by atoms with Gasteiger partial charge in [-0.05, 0) is 42.0 Å². The molecule has 0 bridgehead atoms. The second-order valence-electron chi connectivity index (χ2n) is 4.57. The monoisotopic (exact) mass is 276 g/mol. The second-order valence-corrected chi connectivity index (χ2v) is 4.57. The van der Waals surface area contributed by atoms with Crippen LogP contribution in [0.4, 0.5) is 11.5 Å². The van der Waals surface area contributed by atoms with Crippen LogP contribution >= 0.6 is 0 Å². The molecule has 2 heterocycles. The molecule has 2 aromatic heterocycles. The molecule has 1 N–H and O–H groups in total. The van der Waals surface area contributed by atoms with Gasteiger partial charge in [0.1, 0.15) is 11.6 Å². The summed E-state index contributed by atoms with van der Waals surface area (Å²) in [5.41, 5.74) is 1.97. The van der Waals surface area contributed by atoms with Gasteiger partial charge in [-0.25, -0.2) is 4.98 Å². The van der Waals surface area contributed by atoms with Gasteiger partial charge in [-0.15, -0.1) is 0 Å². The van der Waals surface area contributed by atoms with Crippen molar-refractivity contribution < 1.29 is 5.11 Å². The fraction of sp³-hybridized carbons (Fsp3) is 0.0588. The van der Waals surface area contributed by atoms with Gasteiger partial charge in [-0.3, -0.25) is 4.98 Å². The minimum atomic E-state index is 0.225. The molecule has 1 aromatic carbocycles. The third kappa shape index (κ3) is 3.17. The molecule has 0 fully saturated rings. The lowest BCUT2D eigenvalue weighted by Crippen LogP contribution is -2.17. The highest BCUT2D eigenvalue weighted by Crippen LogP contribution is 2.27. The molecule has 0 aliphatic heterocycles. The van der Waals surface area contributed by atoms with Crippen LogP contribution in [0.1, 0.15) is 5.56 Å². The van der Waals surface area contributed by atoms with E-state index in [2.05, 4.69) is 16.0 Å². The summed E-state index contributed by atoms with van der Waals surface area (Å²) in [4.78, 5) is 10.4. The Morgan fingerprint density at radius 2 is 1.90 bits per heavy atom. The molecule has 0 aliphatic rings. The van der Waals surface area contributed by atoms with Crippen molar-refractivity contribution in [3.63, 3.8) is 0 Å². The SMILES string of the molecule is Oc1cccc(N(Cc2ccncc2)c2[c]cccn2)c1. The molecule has 4 nitrogen and oxygen atoms in total. The number of pyridine rings is 2. The molecule has 21 heavy (non-hydrogen) atoms. The minimum Gasteiger partial charge on any atom is -0.508 e. The van der Waals surface area contributed by atoms with E-state index in [-0.39, 0.29) is 5.75 Å². The first-order valence-corrected chi connectivity index (χ1v) is 6.61. The lowest BCUT2D eigenvalue weighted by molar-refractivity contribution is 0.475. The lowest BCUT2D eigenvalue weighted by atomic mass is 10.2. The maximum absolute atomic E-state index is 9.71. The largest absolute Gasteiger partial charge is 0.508 e. The predicted octanol–water partition coefficient (Wildman–Crippen LogP) is 3.32. The van der Waals surface area contributed by atoms with E-state index in [1.807, 2.05) is 41.3 Å². The molecule has 0 spiro atoms. The smallest absolute Gasteiger partial charge is 0.141 e. The molecule has 0 saturated carbocycles. The van der Waals surface area contributed by atoms with Gasteiger partial charge in [0.15, 0.2) is 0 Å². The van der Waals surface area contributed by atoms with Gasteiger partial charge in [0.25, 0.3) is 0 Å². The summed E-state index contributed by atoms with van der Waals surface area (Å²) in [5, 5.41) is 9.71. The van der Waals surface area contributed by atoms with Gasteiger partial charge < -0.3 is 10.0 Å². The first-order valence-electron chi connectivity index (χ1n) is 6.61. The van der Waals surface area contributed by atoms with Crippen molar-refractivity contribution in [2.24, 2.45) is 0 Å². The molecule has 3 aromatic rings. The Kier molecular flexibility index (Phi) is 3.78. The fourth-order valence-corrected chi connectivity index (χ4v) is 2.08. The average Bonchev–Trinajstić information content (AvgIpc) is 2.54. The van der Waals surface area contributed by atoms with Crippen LogP contribution in [0, 0.1) is 6.07 Å². The molecule has 103 valence electrons. The third-order valence-corrected chi connectivity index (χ3v) is 3.08. The van der Waals surface area contributed by atoms with Crippen molar-refractivity contribution in [1.82, 2.24) is 9.97 Å². The zero-order valence-corrected chi connectivity index (χ0v) is 11.3. The molecular weight excluding hydrogens is 262 g/mol. The first-order chi connectivity index (χ1) is 10.3. The van der Waals surface area contributed by atoms with Gasteiger partial charge in [-0.1, -0.05) is 6.07 Å². The summed E-state index contributed by atoms with van der Waals surface area (Å²) in [5.74, 6) is 0.933. The number of rotatable bonds is 4.